The van der Waals surface area contributed by atoms with Crippen LogP contribution in [0.15, 0.2) is 60.7 Å². The van der Waals surface area contributed by atoms with E-state index in [1.807, 2.05) is 0 Å². The quantitative estimate of drug-likeness (QED) is 0.718. The van der Waals surface area contributed by atoms with Crippen LogP contribution in [0.3, 0.4) is 0 Å². The molecule has 2 aromatic rings. The fourth-order valence-electron chi connectivity index (χ4n) is 3.60. The molecule has 0 bridgehead atoms. The molecule has 2 nitrogen and oxygen atoms in total. The average molecular weight is 313 g/mol. The first-order valence-corrected chi connectivity index (χ1v) is 8.62. The van der Waals surface area contributed by atoms with Crippen molar-refractivity contribution in [2.45, 2.75) is 57.4 Å². The van der Waals surface area contributed by atoms with Crippen molar-refractivity contribution in [1.29, 1.82) is 0 Å². The molecule has 1 atom stereocenters. The Bertz CT molecular complexity index is 499. The van der Waals surface area contributed by atoms with E-state index in [0.717, 1.165) is 12.8 Å². The van der Waals surface area contributed by atoms with E-state index in [0.29, 0.717) is 0 Å². The fraction of sp³-hybridized carbons (Fsp3) is 0.429. The van der Waals surface area contributed by atoms with Crippen LogP contribution in [-0.2, 0) is 5.41 Å². The Balaban J connectivity index is 0.00000264. The molecule has 1 unspecified atom stereocenters. The van der Waals surface area contributed by atoms with Gasteiger partial charge < -0.3 is 11.2 Å². The highest BCUT2D eigenvalue weighted by Crippen LogP contribution is 2.39. The molecule has 0 spiro atoms. The van der Waals surface area contributed by atoms with Crippen LogP contribution >= 0.6 is 0 Å². The summed E-state index contributed by atoms with van der Waals surface area (Å²) in [7, 11) is 0. The van der Waals surface area contributed by atoms with Crippen LogP contribution in [0.2, 0.25) is 0 Å². The van der Waals surface area contributed by atoms with E-state index in [2.05, 4.69) is 74.5 Å². The maximum atomic E-state index is 6.77. The first-order chi connectivity index (χ1) is 10.8. The van der Waals surface area contributed by atoms with Gasteiger partial charge in [0.2, 0.25) is 0 Å². The zero-order valence-corrected chi connectivity index (χ0v) is 14.5. The van der Waals surface area contributed by atoms with Crippen molar-refractivity contribution >= 4 is 0 Å². The van der Waals surface area contributed by atoms with E-state index >= 15 is 0 Å². The highest BCUT2D eigenvalue weighted by atomic mass is 16.0. The Labute approximate surface area is 141 Å². The van der Waals surface area contributed by atoms with Crippen LogP contribution in [0, 0.1) is 0 Å². The van der Waals surface area contributed by atoms with Crippen molar-refractivity contribution in [1.82, 2.24) is 0 Å². The standard InChI is InChI=1S/C21H29N.H2O/c1-3-5-8-17-20(22)21(4-2,18-13-9-6-10-14-18)19-15-11-7-12-16-19;/h6-7,9-16,20H,3-5,8,17,22H2,1-2H3;1H2. The van der Waals surface area contributed by atoms with Gasteiger partial charge in [0.05, 0.1) is 0 Å². The van der Waals surface area contributed by atoms with Crippen LogP contribution in [0.4, 0.5) is 0 Å². The molecule has 2 aromatic carbocycles. The summed E-state index contributed by atoms with van der Waals surface area (Å²) in [5.74, 6) is 0. The Hall–Kier alpha value is -1.64. The summed E-state index contributed by atoms with van der Waals surface area (Å²) < 4.78 is 0. The first kappa shape index (κ1) is 19.4. The SMILES string of the molecule is CCCCCC(N)C(CC)(c1ccccc1)c1ccccc1.O. The van der Waals surface area contributed by atoms with Crippen molar-refractivity contribution in [2.75, 3.05) is 0 Å². The largest absolute Gasteiger partial charge is 0.412 e. The second-order valence-electron chi connectivity index (χ2n) is 6.16. The Morgan fingerprint density at radius 1 is 0.826 bits per heavy atom. The molecule has 0 saturated heterocycles. The molecule has 4 N–H and O–H groups in total. The van der Waals surface area contributed by atoms with Gasteiger partial charge in [-0.2, -0.15) is 0 Å². The van der Waals surface area contributed by atoms with E-state index in [9.17, 15) is 0 Å². The lowest BCUT2D eigenvalue weighted by atomic mass is 9.66. The second-order valence-corrected chi connectivity index (χ2v) is 6.16. The molecule has 0 saturated carbocycles. The van der Waals surface area contributed by atoms with Gasteiger partial charge >= 0.3 is 0 Å². The second kappa shape index (κ2) is 9.49. The Morgan fingerprint density at radius 3 is 1.70 bits per heavy atom. The summed E-state index contributed by atoms with van der Waals surface area (Å²) in [4.78, 5) is 0. The lowest BCUT2D eigenvalue weighted by Crippen LogP contribution is -2.46. The number of rotatable bonds is 8. The Morgan fingerprint density at radius 2 is 1.30 bits per heavy atom. The summed E-state index contributed by atoms with van der Waals surface area (Å²) in [6, 6.07) is 21.7. The van der Waals surface area contributed by atoms with E-state index < -0.39 is 0 Å². The zero-order chi connectivity index (χ0) is 15.8. The number of unbranched alkanes of at least 4 members (excludes halogenated alkanes) is 2. The molecular formula is C21H31NO. The van der Waals surface area contributed by atoms with Crippen LogP contribution in [0.1, 0.15) is 57.1 Å². The maximum absolute atomic E-state index is 6.77. The minimum Gasteiger partial charge on any atom is -0.412 e. The summed E-state index contributed by atoms with van der Waals surface area (Å²) in [5, 5.41) is 0. The molecule has 2 rings (SSSR count). The summed E-state index contributed by atoms with van der Waals surface area (Å²) in [6.07, 6.45) is 5.80. The maximum Gasteiger partial charge on any atom is 0.0351 e. The molecule has 23 heavy (non-hydrogen) atoms. The van der Waals surface area contributed by atoms with Crippen LogP contribution < -0.4 is 5.73 Å². The monoisotopic (exact) mass is 313 g/mol. The average Bonchev–Trinajstić information content (AvgIpc) is 2.58. The highest BCUT2D eigenvalue weighted by Gasteiger charge is 2.38. The smallest absolute Gasteiger partial charge is 0.0351 e. The van der Waals surface area contributed by atoms with Gasteiger partial charge in [0.25, 0.3) is 0 Å². The van der Waals surface area contributed by atoms with Crippen molar-refractivity contribution < 1.29 is 5.48 Å². The molecule has 126 valence electrons. The number of hydrogen-bond acceptors (Lipinski definition) is 1. The third-order valence-corrected chi connectivity index (χ3v) is 4.89. The van der Waals surface area contributed by atoms with Gasteiger partial charge in [0, 0.05) is 11.5 Å². The number of hydrogen-bond donors (Lipinski definition) is 1. The van der Waals surface area contributed by atoms with Gasteiger partial charge in [-0.05, 0) is 24.0 Å². The van der Waals surface area contributed by atoms with E-state index in [1.165, 1.54) is 30.4 Å². The predicted octanol–water partition coefficient (Wildman–Crippen LogP) is 4.47. The summed E-state index contributed by atoms with van der Waals surface area (Å²) in [5.41, 5.74) is 9.36. The topological polar surface area (TPSA) is 57.5 Å². The lowest BCUT2D eigenvalue weighted by molar-refractivity contribution is 0.365. The zero-order valence-electron chi connectivity index (χ0n) is 14.5. The van der Waals surface area contributed by atoms with Crippen molar-refractivity contribution in [3.8, 4) is 0 Å². The summed E-state index contributed by atoms with van der Waals surface area (Å²) >= 11 is 0. The molecule has 0 radical (unpaired) electrons. The van der Waals surface area contributed by atoms with E-state index in [-0.39, 0.29) is 16.9 Å². The third-order valence-electron chi connectivity index (χ3n) is 4.89. The van der Waals surface area contributed by atoms with Gasteiger partial charge in [-0.15, -0.1) is 0 Å². The van der Waals surface area contributed by atoms with Crippen LogP contribution in [0.25, 0.3) is 0 Å². The molecular weight excluding hydrogens is 282 g/mol. The van der Waals surface area contributed by atoms with Gasteiger partial charge in [-0.25, -0.2) is 0 Å². The van der Waals surface area contributed by atoms with Crippen molar-refractivity contribution in [2.24, 2.45) is 5.73 Å². The minimum atomic E-state index is -0.0870. The van der Waals surface area contributed by atoms with E-state index in [1.54, 1.807) is 0 Å². The fourth-order valence-corrected chi connectivity index (χ4v) is 3.60. The number of nitrogens with two attached hydrogens (primary N) is 1. The number of benzene rings is 2. The van der Waals surface area contributed by atoms with Gasteiger partial charge in [0.15, 0.2) is 0 Å². The van der Waals surface area contributed by atoms with E-state index in [4.69, 9.17) is 5.73 Å². The first-order valence-electron chi connectivity index (χ1n) is 8.62. The molecule has 0 fully saturated rings. The molecule has 0 aliphatic rings. The molecule has 0 heterocycles. The highest BCUT2D eigenvalue weighted by molar-refractivity contribution is 5.41. The van der Waals surface area contributed by atoms with Crippen molar-refractivity contribution in [3.63, 3.8) is 0 Å². The van der Waals surface area contributed by atoms with Crippen LogP contribution in [0.5, 0.6) is 0 Å². The Kier molecular flexibility index (Phi) is 8.01. The van der Waals surface area contributed by atoms with Gasteiger partial charge in [-0.3, -0.25) is 0 Å². The van der Waals surface area contributed by atoms with Gasteiger partial charge in [0.1, 0.15) is 0 Å². The normalized spacial score (nSPS) is 12.5. The molecule has 0 aliphatic carbocycles. The molecule has 0 aliphatic heterocycles. The van der Waals surface area contributed by atoms with Crippen LogP contribution in [-0.4, -0.2) is 11.5 Å². The molecule has 2 heteroatoms. The van der Waals surface area contributed by atoms with Crippen molar-refractivity contribution in [3.05, 3.63) is 71.8 Å². The third kappa shape index (κ3) is 4.21. The molecule has 0 aromatic heterocycles. The predicted molar refractivity (Wildman–Crippen MR) is 99.7 cm³/mol. The summed E-state index contributed by atoms with van der Waals surface area (Å²) in [6.45, 7) is 4.51. The molecule has 0 amide bonds. The van der Waals surface area contributed by atoms with Gasteiger partial charge in [-0.1, -0.05) is 93.8 Å². The minimum absolute atomic E-state index is 0. The lowest BCUT2D eigenvalue weighted by Gasteiger charge is -2.40.